The van der Waals surface area contributed by atoms with E-state index in [1.807, 2.05) is 17.8 Å². The molecule has 0 aromatic carbocycles. The van der Waals surface area contributed by atoms with E-state index < -0.39 is 0 Å². The Morgan fingerprint density at radius 1 is 1.59 bits per heavy atom. The second kappa shape index (κ2) is 4.25. The first-order valence-corrected chi connectivity index (χ1v) is 5.82. The van der Waals surface area contributed by atoms with Crippen molar-refractivity contribution in [1.29, 1.82) is 0 Å². The van der Waals surface area contributed by atoms with Crippen molar-refractivity contribution < 1.29 is 4.52 Å². The summed E-state index contributed by atoms with van der Waals surface area (Å²) in [6.07, 6.45) is 3.69. The van der Waals surface area contributed by atoms with Crippen LogP contribution in [0.25, 0.3) is 11.5 Å². The molecule has 2 aromatic heterocycles. The van der Waals surface area contributed by atoms with Crippen LogP contribution in [0.1, 0.15) is 25.3 Å². The van der Waals surface area contributed by atoms with Gasteiger partial charge in [-0.25, -0.2) is 4.68 Å². The standard InChI is InChI=1S/C10H14N6O/c1-2-9-12-10(14-17-9)8-6-16(15-13-8)7-3-4-11-5-7/h6-7,11H,2-5H2,1H3. The molecule has 17 heavy (non-hydrogen) atoms. The monoisotopic (exact) mass is 234 g/mol. The normalized spacial score (nSPS) is 19.9. The number of nitrogens with zero attached hydrogens (tertiary/aromatic N) is 5. The summed E-state index contributed by atoms with van der Waals surface area (Å²) in [5, 5.41) is 15.4. The van der Waals surface area contributed by atoms with Gasteiger partial charge in [0.25, 0.3) is 0 Å². The maximum atomic E-state index is 5.05. The summed E-state index contributed by atoms with van der Waals surface area (Å²) in [6.45, 7) is 3.94. The van der Waals surface area contributed by atoms with Gasteiger partial charge in [0.05, 0.1) is 12.2 Å². The van der Waals surface area contributed by atoms with E-state index >= 15 is 0 Å². The van der Waals surface area contributed by atoms with Crippen molar-refractivity contribution in [3.05, 3.63) is 12.1 Å². The highest BCUT2D eigenvalue weighted by Crippen LogP contribution is 2.17. The maximum absolute atomic E-state index is 5.05. The van der Waals surface area contributed by atoms with E-state index in [4.69, 9.17) is 4.52 Å². The highest BCUT2D eigenvalue weighted by Gasteiger charge is 2.19. The second-order valence-electron chi connectivity index (χ2n) is 4.10. The molecule has 1 aliphatic rings. The smallest absolute Gasteiger partial charge is 0.226 e. The van der Waals surface area contributed by atoms with Gasteiger partial charge >= 0.3 is 0 Å². The Balaban J connectivity index is 1.83. The topological polar surface area (TPSA) is 81.7 Å². The molecule has 0 spiro atoms. The van der Waals surface area contributed by atoms with Crippen LogP contribution >= 0.6 is 0 Å². The van der Waals surface area contributed by atoms with Crippen molar-refractivity contribution in [3.8, 4) is 11.5 Å². The molecule has 1 fully saturated rings. The Hall–Kier alpha value is -1.76. The average molecular weight is 234 g/mol. The molecule has 7 heteroatoms. The molecular formula is C10H14N6O. The van der Waals surface area contributed by atoms with Crippen LogP contribution in [0.2, 0.25) is 0 Å². The predicted molar refractivity (Wildman–Crippen MR) is 59.2 cm³/mol. The van der Waals surface area contributed by atoms with Crippen LogP contribution in [0.3, 0.4) is 0 Å². The third kappa shape index (κ3) is 1.93. The van der Waals surface area contributed by atoms with Crippen molar-refractivity contribution in [2.24, 2.45) is 0 Å². The van der Waals surface area contributed by atoms with Gasteiger partial charge in [-0.3, -0.25) is 0 Å². The van der Waals surface area contributed by atoms with Gasteiger partial charge in [-0.1, -0.05) is 17.3 Å². The Kier molecular flexibility index (Phi) is 2.60. The van der Waals surface area contributed by atoms with Crippen LogP contribution in [0.15, 0.2) is 10.7 Å². The van der Waals surface area contributed by atoms with E-state index in [-0.39, 0.29) is 0 Å². The highest BCUT2D eigenvalue weighted by molar-refractivity contribution is 5.45. The first-order valence-electron chi connectivity index (χ1n) is 5.82. The van der Waals surface area contributed by atoms with Gasteiger partial charge in [0.15, 0.2) is 5.69 Å². The second-order valence-corrected chi connectivity index (χ2v) is 4.10. The largest absolute Gasteiger partial charge is 0.339 e. The van der Waals surface area contributed by atoms with Crippen molar-refractivity contribution in [1.82, 2.24) is 30.5 Å². The van der Waals surface area contributed by atoms with Crippen LogP contribution in [0.5, 0.6) is 0 Å². The fourth-order valence-electron chi connectivity index (χ4n) is 1.93. The Morgan fingerprint density at radius 2 is 2.53 bits per heavy atom. The van der Waals surface area contributed by atoms with Gasteiger partial charge in [0.2, 0.25) is 11.7 Å². The van der Waals surface area contributed by atoms with Gasteiger partial charge in [-0.15, -0.1) is 5.10 Å². The van der Waals surface area contributed by atoms with Crippen LogP contribution in [0, 0.1) is 0 Å². The molecule has 2 aromatic rings. The summed E-state index contributed by atoms with van der Waals surface area (Å²) < 4.78 is 6.92. The molecule has 3 rings (SSSR count). The third-order valence-corrected chi connectivity index (χ3v) is 2.92. The molecule has 7 nitrogen and oxygen atoms in total. The first-order chi connectivity index (χ1) is 8.36. The fourth-order valence-corrected chi connectivity index (χ4v) is 1.93. The summed E-state index contributed by atoms with van der Waals surface area (Å²) in [7, 11) is 0. The maximum Gasteiger partial charge on any atom is 0.226 e. The van der Waals surface area contributed by atoms with Gasteiger partial charge in [0.1, 0.15) is 0 Å². The van der Waals surface area contributed by atoms with Crippen LogP contribution in [-0.2, 0) is 6.42 Å². The predicted octanol–water partition coefficient (Wildman–Crippen LogP) is 0.425. The molecule has 0 saturated carbocycles. The summed E-state index contributed by atoms with van der Waals surface area (Å²) in [6, 6.07) is 0.383. The molecule has 1 aliphatic heterocycles. The van der Waals surface area contributed by atoms with E-state index in [1.54, 1.807) is 0 Å². The number of rotatable bonds is 3. The molecule has 0 aliphatic carbocycles. The molecule has 1 saturated heterocycles. The van der Waals surface area contributed by atoms with E-state index in [0.29, 0.717) is 23.5 Å². The zero-order valence-corrected chi connectivity index (χ0v) is 9.63. The van der Waals surface area contributed by atoms with E-state index in [2.05, 4.69) is 25.8 Å². The zero-order valence-electron chi connectivity index (χ0n) is 9.63. The fraction of sp³-hybridized carbons (Fsp3) is 0.600. The molecular weight excluding hydrogens is 220 g/mol. The summed E-state index contributed by atoms with van der Waals surface area (Å²) in [5.74, 6) is 1.14. The van der Waals surface area contributed by atoms with E-state index in [0.717, 1.165) is 25.9 Å². The third-order valence-electron chi connectivity index (χ3n) is 2.92. The van der Waals surface area contributed by atoms with Gasteiger partial charge in [0, 0.05) is 13.0 Å². The molecule has 3 heterocycles. The number of aromatic nitrogens is 5. The minimum atomic E-state index is 0.383. The van der Waals surface area contributed by atoms with Crippen molar-refractivity contribution in [3.63, 3.8) is 0 Å². The van der Waals surface area contributed by atoms with Crippen LogP contribution < -0.4 is 5.32 Å². The van der Waals surface area contributed by atoms with Crippen molar-refractivity contribution >= 4 is 0 Å². The molecule has 0 bridgehead atoms. The zero-order chi connectivity index (χ0) is 11.7. The minimum absolute atomic E-state index is 0.383. The minimum Gasteiger partial charge on any atom is -0.339 e. The number of nitrogens with one attached hydrogen (secondary N) is 1. The summed E-state index contributed by atoms with van der Waals surface area (Å²) in [4.78, 5) is 4.23. The van der Waals surface area contributed by atoms with E-state index in [9.17, 15) is 0 Å². The molecule has 1 atom stereocenters. The lowest BCUT2D eigenvalue weighted by atomic mass is 10.3. The summed E-state index contributed by atoms with van der Waals surface area (Å²) >= 11 is 0. The SMILES string of the molecule is CCc1nc(-c2cn(C3CCNC3)nn2)no1. The lowest BCUT2D eigenvalue weighted by Gasteiger charge is -2.05. The average Bonchev–Trinajstić information content (AvgIpc) is 3.09. The Bertz CT molecular complexity index is 498. The summed E-state index contributed by atoms with van der Waals surface area (Å²) in [5.41, 5.74) is 0.667. The number of aryl methyl sites for hydroxylation is 1. The van der Waals surface area contributed by atoms with Crippen LogP contribution in [-0.4, -0.2) is 38.2 Å². The highest BCUT2D eigenvalue weighted by atomic mass is 16.5. The van der Waals surface area contributed by atoms with E-state index in [1.165, 1.54) is 0 Å². The first kappa shape index (κ1) is 10.4. The van der Waals surface area contributed by atoms with Crippen molar-refractivity contribution in [2.75, 3.05) is 13.1 Å². The van der Waals surface area contributed by atoms with Gasteiger partial charge < -0.3 is 9.84 Å². The lowest BCUT2D eigenvalue weighted by Crippen LogP contribution is -2.13. The molecule has 0 amide bonds. The van der Waals surface area contributed by atoms with Gasteiger partial charge in [-0.05, 0) is 13.0 Å². The van der Waals surface area contributed by atoms with Crippen LogP contribution in [0.4, 0.5) is 0 Å². The molecule has 0 radical (unpaired) electrons. The van der Waals surface area contributed by atoms with Gasteiger partial charge in [-0.2, -0.15) is 4.98 Å². The lowest BCUT2D eigenvalue weighted by molar-refractivity contribution is 0.382. The number of hydrogen-bond donors (Lipinski definition) is 1. The molecule has 1 N–H and O–H groups in total. The Morgan fingerprint density at radius 3 is 3.24 bits per heavy atom. The number of hydrogen-bond acceptors (Lipinski definition) is 6. The molecule has 1 unspecified atom stereocenters. The van der Waals surface area contributed by atoms with Crippen molar-refractivity contribution in [2.45, 2.75) is 25.8 Å². The molecule has 90 valence electrons. The Labute approximate surface area is 98.2 Å². The quantitative estimate of drug-likeness (QED) is 0.829.